The number of anilines is 1. The minimum atomic E-state index is 0.998. The predicted octanol–water partition coefficient (Wildman–Crippen LogP) is 4.05. The molecule has 0 unspecified atom stereocenters. The Labute approximate surface area is 94.0 Å². The molecule has 1 N–H and O–H groups in total. The zero-order valence-corrected chi connectivity index (χ0v) is 9.89. The van der Waals surface area contributed by atoms with Crippen LogP contribution in [0.3, 0.4) is 0 Å². The van der Waals surface area contributed by atoms with Gasteiger partial charge in [-0.15, -0.1) is 0 Å². The van der Waals surface area contributed by atoms with E-state index in [9.17, 15) is 0 Å². The molecule has 1 aliphatic rings. The molecule has 0 aromatic heterocycles. The summed E-state index contributed by atoms with van der Waals surface area (Å²) >= 11 is 3.43. The summed E-state index contributed by atoms with van der Waals surface area (Å²) < 4.78 is 1.14. The lowest BCUT2D eigenvalue weighted by Crippen LogP contribution is -2.15. The number of halogens is 1. The van der Waals surface area contributed by atoms with E-state index in [2.05, 4.69) is 45.5 Å². The summed E-state index contributed by atoms with van der Waals surface area (Å²) in [5.74, 6) is 0.998. The van der Waals surface area contributed by atoms with Crippen molar-refractivity contribution in [3.63, 3.8) is 0 Å². The summed E-state index contributed by atoms with van der Waals surface area (Å²) in [5, 5.41) is 3.45. The highest BCUT2D eigenvalue weighted by Gasteiger charge is 2.16. The maximum Gasteiger partial charge on any atom is 0.0340 e. The fourth-order valence-electron chi connectivity index (χ4n) is 1.77. The standard InChI is InChI=1S/C12H16BrN/c13-11-4-6-12(7-5-11)14-9-8-10-2-1-3-10/h4-7,10,14H,1-3,8-9H2. The van der Waals surface area contributed by atoms with Crippen molar-refractivity contribution in [1.29, 1.82) is 0 Å². The van der Waals surface area contributed by atoms with Crippen LogP contribution in [-0.4, -0.2) is 6.54 Å². The second kappa shape index (κ2) is 4.83. The fraction of sp³-hybridized carbons (Fsp3) is 0.500. The largest absolute Gasteiger partial charge is 0.385 e. The summed E-state index contributed by atoms with van der Waals surface area (Å²) in [6.45, 7) is 1.12. The third-order valence-corrected chi connectivity index (χ3v) is 3.48. The smallest absolute Gasteiger partial charge is 0.0340 e. The van der Waals surface area contributed by atoms with Crippen LogP contribution in [-0.2, 0) is 0 Å². The van der Waals surface area contributed by atoms with Gasteiger partial charge in [0, 0.05) is 16.7 Å². The van der Waals surface area contributed by atoms with Gasteiger partial charge in [0.05, 0.1) is 0 Å². The molecule has 1 aliphatic carbocycles. The van der Waals surface area contributed by atoms with E-state index in [1.807, 2.05) is 0 Å². The quantitative estimate of drug-likeness (QED) is 0.854. The molecule has 1 saturated carbocycles. The van der Waals surface area contributed by atoms with Crippen molar-refractivity contribution in [3.8, 4) is 0 Å². The molecule has 0 radical (unpaired) electrons. The van der Waals surface area contributed by atoms with E-state index < -0.39 is 0 Å². The van der Waals surface area contributed by atoms with Crippen LogP contribution in [0.2, 0.25) is 0 Å². The van der Waals surface area contributed by atoms with Crippen molar-refractivity contribution in [2.75, 3.05) is 11.9 Å². The highest BCUT2D eigenvalue weighted by Crippen LogP contribution is 2.29. The second-order valence-electron chi connectivity index (χ2n) is 4.02. The Morgan fingerprint density at radius 2 is 1.93 bits per heavy atom. The van der Waals surface area contributed by atoms with Gasteiger partial charge in [-0.05, 0) is 36.6 Å². The highest BCUT2D eigenvalue weighted by atomic mass is 79.9. The van der Waals surface area contributed by atoms with Crippen LogP contribution in [0.4, 0.5) is 5.69 Å². The van der Waals surface area contributed by atoms with E-state index in [0.29, 0.717) is 0 Å². The van der Waals surface area contributed by atoms with Gasteiger partial charge in [-0.1, -0.05) is 35.2 Å². The Kier molecular flexibility index (Phi) is 3.46. The van der Waals surface area contributed by atoms with Crippen molar-refractivity contribution in [1.82, 2.24) is 0 Å². The molecule has 76 valence electrons. The van der Waals surface area contributed by atoms with Gasteiger partial charge in [0.25, 0.3) is 0 Å². The molecule has 0 bridgehead atoms. The van der Waals surface area contributed by atoms with Crippen LogP contribution < -0.4 is 5.32 Å². The number of nitrogens with one attached hydrogen (secondary N) is 1. The molecule has 1 aromatic rings. The van der Waals surface area contributed by atoms with Gasteiger partial charge in [0.2, 0.25) is 0 Å². The van der Waals surface area contributed by atoms with Crippen molar-refractivity contribution >= 4 is 21.6 Å². The van der Waals surface area contributed by atoms with Crippen molar-refractivity contribution in [3.05, 3.63) is 28.7 Å². The molecule has 0 saturated heterocycles. The van der Waals surface area contributed by atoms with Crippen molar-refractivity contribution in [2.45, 2.75) is 25.7 Å². The molecule has 0 atom stereocenters. The summed E-state index contributed by atoms with van der Waals surface area (Å²) in [7, 11) is 0. The first-order valence-electron chi connectivity index (χ1n) is 5.34. The van der Waals surface area contributed by atoms with E-state index in [-0.39, 0.29) is 0 Å². The molecule has 0 heterocycles. The molecule has 0 aliphatic heterocycles. The first-order valence-corrected chi connectivity index (χ1v) is 6.13. The van der Waals surface area contributed by atoms with Gasteiger partial charge < -0.3 is 5.32 Å². The first kappa shape index (κ1) is 10.0. The predicted molar refractivity (Wildman–Crippen MR) is 64.6 cm³/mol. The van der Waals surface area contributed by atoms with Gasteiger partial charge in [-0.25, -0.2) is 0 Å². The van der Waals surface area contributed by atoms with Crippen LogP contribution in [0.5, 0.6) is 0 Å². The normalized spacial score (nSPS) is 16.4. The molecule has 0 spiro atoms. The van der Waals surface area contributed by atoms with Crippen LogP contribution >= 0.6 is 15.9 Å². The zero-order chi connectivity index (χ0) is 9.80. The molecular formula is C12H16BrN. The van der Waals surface area contributed by atoms with Gasteiger partial charge in [0.15, 0.2) is 0 Å². The van der Waals surface area contributed by atoms with E-state index in [0.717, 1.165) is 16.9 Å². The SMILES string of the molecule is Brc1ccc(NCCC2CCC2)cc1. The summed E-state index contributed by atoms with van der Waals surface area (Å²) in [4.78, 5) is 0. The minimum Gasteiger partial charge on any atom is -0.385 e. The molecule has 2 heteroatoms. The van der Waals surface area contributed by atoms with Gasteiger partial charge in [-0.2, -0.15) is 0 Å². The average molecular weight is 254 g/mol. The molecule has 0 amide bonds. The maximum atomic E-state index is 3.45. The number of rotatable bonds is 4. The lowest BCUT2D eigenvalue weighted by atomic mass is 9.83. The monoisotopic (exact) mass is 253 g/mol. The van der Waals surface area contributed by atoms with Gasteiger partial charge >= 0.3 is 0 Å². The average Bonchev–Trinajstić information content (AvgIpc) is 2.12. The first-order chi connectivity index (χ1) is 6.84. The number of hydrogen-bond donors (Lipinski definition) is 1. The molecule has 14 heavy (non-hydrogen) atoms. The van der Waals surface area contributed by atoms with Crippen molar-refractivity contribution in [2.24, 2.45) is 5.92 Å². The number of hydrogen-bond acceptors (Lipinski definition) is 1. The van der Waals surface area contributed by atoms with Gasteiger partial charge in [0.1, 0.15) is 0 Å². The van der Waals surface area contributed by atoms with Crippen LogP contribution in [0.25, 0.3) is 0 Å². The minimum absolute atomic E-state index is 0.998. The lowest BCUT2D eigenvalue weighted by molar-refractivity contribution is 0.303. The summed E-state index contributed by atoms with van der Waals surface area (Å²) in [6, 6.07) is 8.38. The fourth-order valence-corrected chi connectivity index (χ4v) is 2.03. The van der Waals surface area contributed by atoms with E-state index in [1.54, 1.807) is 0 Å². The molecule has 1 fully saturated rings. The van der Waals surface area contributed by atoms with Crippen molar-refractivity contribution < 1.29 is 0 Å². The molecule has 2 rings (SSSR count). The Bertz CT molecular complexity index is 277. The third kappa shape index (κ3) is 2.74. The molecule has 1 aromatic carbocycles. The maximum absolute atomic E-state index is 3.45. The zero-order valence-electron chi connectivity index (χ0n) is 8.30. The Morgan fingerprint density at radius 3 is 2.50 bits per heavy atom. The Morgan fingerprint density at radius 1 is 1.21 bits per heavy atom. The Balaban J connectivity index is 1.71. The van der Waals surface area contributed by atoms with E-state index in [4.69, 9.17) is 0 Å². The summed E-state index contributed by atoms with van der Waals surface area (Å²) in [5.41, 5.74) is 1.23. The van der Waals surface area contributed by atoms with Gasteiger partial charge in [-0.3, -0.25) is 0 Å². The topological polar surface area (TPSA) is 12.0 Å². The van der Waals surface area contributed by atoms with E-state index in [1.165, 1.54) is 31.4 Å². The Hall–Kier alpha value is -0.500. The third-order valence-electron chi connectivity index (χ3n) is 2.95. The van der Waals surface area contributed by atoms with Crippen LogP contribution in [0, 0.1) is 5.92 Å². The lowest BCUT2D eigenvalue weighted by Gasteiger charge is -2.25. The second-order valence-corrected chi connectivity index (χ2v) is 4.93. The van der Waals surface area contributed by atoms with Crippen LogP contribution in [0.1, 0.15) is 25.7 Å². The molecule has 1 nitrogen and oxygen atoms in total. The molecular weight excluding hydrogens is 238 g/mol. The van der Waals surface area contributed by atoms with E-state index >= 15 is 0 Å². The highest BCUT2D eigenvalue weighted by molar-refractivity contribution is 9.10. The number of benzene rings is 1. The van der Waals surface area contributed by atoms with Crippen LogP contribution in [0.15, 0.2) is 28.7 Å². The summed E-state index contributed by atoms with van der Waals surface area (Å²) in [6.07, 6.45) is 5.67.